The van der Waals surface area contributed by atoms with Crippen molar-refractivity contribution in [2.75, 3.05) is 33.2 Å². The van der Waals surface area contributed by atoms with Gasteiger partial charge in [-0.3, -0.25) is 4.90 Å². The molecule has 0 spiro atoms. The fourth-order valence-electron chi connectivity index (χ4n) is 1.64. The van der Waals surface area contributed by atoms with Crippen molar-refractivity contribution in [3.05, 3.63) is 0 Å². The van der Waals surface area contributed by atoms with Crippen molar-refractivity contribution in [1.29, 1.82) is 0 Å². The Labute approximate surface area is 87.5 Å². The molecule has 1 fully saturated rings. The Hall–Kier alpha value is -0.330. The van der Waals surface area contributed by atoms with E-state index in [4.69, 9.17) is 5.11 Å². The second-order valence-corrected chi connectivity index (χ2v) is 4.15. The first kappa shape index (κ1) is 12.7. The van der Waals surface area contributed by atoms with Gasteiger partial charge in [0.1, 0.15) is 0 Å². The van der Waals surface area contributed by atoms with E-state index < -0.39 is 12.3 Å². The van der Waals surface area contributed by atoms with Crippen LogP contribution in [0, 0.1) is 0 Å². The number of halogens is 3. The maximum atomic E-state index is 12.1. The van der Waals surface area contributed by atoms with Crippen molar-refractivity contribution >= 4 is 0 Å². The van der Waals surface area contributed by atoms with Crippen molar-refractivity contribution in [2.45, 2.75) is 25.2 Å². The molecule has 0 saturated carbocycles. The molecular weight excluding hydrogens is 209 g/mol. The number of rotatable bonds is 2. The standard InChI is InChI=1S/C9H17F3N2O/c1-7-5-14(4-3-13(7)2)6-8(15)9(10,11)12/h7-8,15H,3-6H2,1-2H3. The highest BCUT2D eigenvalue weighted by molar-refractivity contribution is 4.80. The predicted molar refractivity (Wildman–Crippen MR) is 50.6 cm³/mol. The van der Waals surface area contributed by atoms with Crippen LogP contribution in [0.3, 0.4) is 0 Å². The third kappa shape index (κ3) is 3.62. The highest BCUT2D eigenvalue weighted by atomic mass is 19.4. The molecule has 1 aliphatic heterocycles. The lowest BCUT2D eigenvalue weighted by atomic mass is 10.2. The summed E-state index contributed by atoms with van der Waals surface area (Å²) >= 11 is 0. The fourth-order valence-corrected chi connectivity index (χ4v) is 1.64. The summed E-state index contributed by atoms with van der Waals surface area (Å²) in [5, 5.41) is 8.91. The zero-order chi connectivity index (χ0) is 11.6. The van der Waals surface area contributed by atoms with Crippen LogP contribution in [-0.2, 0) is 0 Å². The Morgan fingerprint density at radius 2 is 2.00 bits per heavy atom. The summed E-state index contributed by atoms with van der Waals surface area (Å²) in [6.07, 6.45) is -6.74. The summed E-state index contributed by atoms with van der Waals surface area (Å²) < 4.78 is 36.3. The Morgan fingerprint density at radius 1 is 1.40 bits per heavy atom. The number of aliphatic hydroxyl groups excluding tert-OH is 1. The molecule has 15 heavy (non-hydrogen) atoms. The first-order chi connectivity index (χ1) is 6.80. The third-order valence-electron chi connectivity index (χ3n) is 2.85. The summed E-state index contributed by atoms with van der Waals surface area (Å²) in [4.78, 5) is 3.75. The maximum Gasteiger partial charge on any atom is 0.415 e. The van der Waals surface area contributed by atoms with Crippen LogP contribution in [0.4, 0.5) is 13.2 Å². The van der Waals surface area contributed by atoms with Gasteiger partial charge in [0, 0.05) is 32.2 Å². The topological polar surface area (TPSA) is 26.7 Å². The van der Waals surface area contributed by atoms with Crippen LogP contribution in [0.2, 0.25) is 0 Å². The van der Waals surface area contributed by atoms with Crippen molar-refractivity contribution in [1.82, 2.24) is 9.80 Å². The minimum absolute atomic E-state index is 0.235. The molecule has 1 N–H and O–H groups in total. The fraction of sp³-hybridized carbons (Fsp3) is 1.00. The second-order valence-electron chi connectivity index (χ2n) is 4.15. The molecule has 1 saturated heterocycles. The molecule has 6 heteroatoms. The van der Waals surface area contributed by atoms with E-state index in [1.165, 1.54) is 0 Å². The lowest BCUT2D eigenvalue weighted by Gasteiger charge is -2.38. The van der Waals surface area contributed by atoms with Crippen LogP contribution < -0.4 is 0 Å². The minimum atomic E-state index is -4.51. The molecule has 0 aromatic rings. The molecule has 1 rings (SSSR count). The molecule has 0 bridgehead atoms. The van der Waals surface area contributed by atoms with Crippen LogP contribution in [0.1, 0.15) is 6.92 Å². The van der Waals surface area contributed by atoms with Gasteiger partial charge in [-0.1, -0.05) is 0 Å². The summed E-state index contributed by atoms with van der Waals surface area (Å²) in [6.45, 7) is 3.54. The number of nitrogens with zero attached hydrogens (tertiary/aromatic N) is 2. The van der Waals surface area contributed by atoms with E-state index in [-0.39, 0.29) is 12.6 Å². The summed E-state index contributed by atoms with van der Waals surface area (Å²) in [7, 11) is 1.95. The largest absolute Gasteiger partial charge is 0.415 e. The van der Waals surface area contributed by atoms with Gasteiger partial charge in [0.2, 0.25) is 0 Å². The number of hydrogen-bond acceptors (Lipinski definition) is 3. The van der Waals surface area contributed by atoms with E-state index in [1.54, 1.807) is 4.90 Å². The molecular formula is C9H17F3N2O. The molecule has 2 unspecified atom stereocenters. The van der Waals surface area contributed by atoms with Crippen molar-refractivity contribution in [2.24, 2.45) is 0 Å². The summed E-state index contributed by atoms with van der Waals surface area (Å²) in [5.74, 6) is 0. The predicted octanol–water partition coefficient (Wildman–Crippen LogP) is 0.546. The average Bonchev–Trinajstić information content (AvgIpc) is 2.10. The van der Waals surface area contributed by atoms with Crippen LogP contribution in [-0.4, -0.2) is 66.5 Å². The molecule has 90 valence electrons. The smallest absolute Gasteiger partial charge is 0.382 e. The highest BCUT2D eigenvalue weighted by Crippen LogP contribution is 2.21. The Morgan fingerprint density at radius 3 is 2.47 bits per heavy atom. The van der Waals surface area contributed by atoms with Crippen LogP contribution >= 0.6 is 0 Å². The zero-order valence-corrected chi connectivity index (χ0v) is 8.96. The van der Waals surface area contributed by atoms with Crippen LogP contribution in [0.15, 0.2) is 0 Å². The molecule has 0 radical (unpaired) electrons. The number of likely N-dealkylation sites (N-methyl/N-ethyl adjacent to an activating group) is 1. The van der Waals surface area contributed by atoms with Gasteiger partial charge in [0.05, 0.1) is 0 Å². The molecule has 0 aliphatic carbocycles. The van der Waals surface area contributed by atoms with E-state index in [1.807, 2.05) is 14.0 Å². The van der Waals surface area contributed by atoms with Gasteiger partial charge in [-0.2, -0.15) is 13.2 Å². The van der Waals surface area contributed by atoms with Crippen LogP contribution in [0.25, 0.3) is 0 Å². The summed E-state index contributed by atoms with van der Waals surface area (Å²) in [6, 6.07) is 0.235. The van der Waals surface area contributed by atoms with Gasteiger partial charge in [0.25, 0.3) is 0 Å². The lowest BCUT2D eigenvalue weighted by molar-refractivity contribution is -0.209. The van der Waals surface area contributed by atoms with Crippen molar-refractivity contribution in [3.8, 4) is 0 Å². The average molecular weight is 226 g/mol. The van der Waals surface area contributed by atoms with Gasteiger partial charge in [-0.15, -0.1) is 0 Å². The lowest BCUT2D eigenvalue weighted by Crippen LogP contribution is -2.53. The van der Waals surface area contributed by atoms with Gasteiger partial charge >= 0.3 is 6.18 Å². The molecule has 1 heterocycles. The molecule has 2 atom stereocenters. The van der Waals surface area contributed by atoms with Crippen molar-refractivity contribution < 1.29 is 18.3 Å². The first-order valence-corrected chi connectivity index (χ1v) is 4.98. The minimum Gasteiger partial charge on any atom is -0.382 e. The molecule has 0 amide bonds. The van der Waals surface area contributed by atoms with Crippen molar-refractivity contribution in [3.63, 3.8) is 0 Å². The summed E-state index contributed by atoms with van der Waals surface area (Å²) in [5.41, 5.74) is 0. The molecule has 1 aliphatic rings. The quantitative estimate of drug-likeness (QED) is 0.744. The van der Waals surface area contributed by atoms with Crippen LogP contribution in [0.5, 0.6) is 0 Å². The van der Waals surface area contributed by atoms with Gasteiger partial charge in [0.15, 0.2) is 6.10 Å². The normalized spacial score (nSPS) is 28.0. The number of aliphatic hydroxyl groups is 1. The second kappa shape index (κ2) is 4.67. The van der Waals surface area contributed by atoms with Gasteiger partial charge in [-0.05, 0) is 14.0 Å². The van der Waals surface area contributed by atoms with E-state index in [0.29, 0.717) is 13.1 Å². The molecule has 3 nitrogen and oxygen atoms in total. The van der Waals surface area contributed by atoms with E-state index in [0.717, 1.165) is 6.54 Å². The molecule has 0 aromatic carbocycles. The monoisotopic (exact) mass is 226 g/mol. The number of β-amino-alcohol motifs (C(OH)–C–C–N with tert-alkyl or cyclic N) is 1. The highest BCUT2D eigenvalue weighted by Gasteiger charge is 2.39. The molecule has 0 aromatic heterocycles. The first-order valence-electron chi connectivity index (χ1n) is 4.98. The van der Waals surface area contributed by atoms with E-state index >= 15 is 0 Å². The zero-order valence-electron chi connectivity index (χ0n) is 8.96. The van der Waals surface area contributed by atoms with Gasteiger partial charge in [-0.25, -0.2) is 0 Å². The number of alkyl halides is 3. The Bertz CT molecular complexity index is 210. The number of piperazine rings is 1. The maximum absolute atomic E-state index is 12.1. The van der Waals surface area contributed by atoms with Gasteiger partial charge < -0.3 is 10.0 Å². The Kier molecular flexibility index (Phi) is 3.97. The third-order valence-corrected chi connectivity index (χ3v) is 2.85. The van der Waals surface area contributed by atoms with E-state index in [2.05, 4.69) is 4.90 Å². The SMILES string of the molecule is CC1CN(CC(O)C(F)(F)F)CCN1C. The number of hydrogen-bond donors (Lipinski definition) is 1. The van der Waals surface area contributed by atoms with E-state index in [9.17, 15) is 13.2 Å². The Balaban J connectivity index is 2.40.